The molecule has 1 aliphatic heterocycles. The second-order valence-electron chi connectivity index (χ2n) is 7.21. The molecule has 3 N–H and O–H groups in total. The minimum atomic E-state index is -0.313. The number of morpholine rings is 1. The van der Waals surface area contributed by atoms with Crippen LogP contribution >= 0.6 is 11.6 Å². The molecule has 1 unspecified atom stereocenters. The second-order valence-corrected chi connectivity index (χ2v) is 7.65. The Kier molecular flexibility index (Phi) is 6.34. The Balaban J connectivity index is 1.35. The molecule has 3 aromatic rings. The van der Waals surface area contributed by atoms with E-state index in [4.69, 9.17) is 26.8 Å². The van der Waals surface area contributed by atoms with Gasteiger partial charge in [0, 0.05) is 29.9 Å². The number of nitrogens with one attached hydrogen (secondary N) is 1. The normalized spacial score (nSPS) is 16.3. The van der Waals surface area contributed by atoms with E-state index < -0.39 is 0 Å². The highest BCUT2D eigenvalue weighted by Gasteiger charge is 2.28. The Morgan fingerprint density at radius 2 is 2.29 bits per heavy atom. The SMILES string of the molecule is Cc1nc(N)ncc1C(=O)N1CCOC(c2cc(CCOc3cccc(Cl)c3)[nH]n2)C1. The van der Waals surface area contributed by atoms with Crippen LogP contribution in [0.15, 0.2) is 36.5 Å². The first kappa shape index (κ1) is 21.1. The van der Waals surface area contributed by atoms with Crippen LogP contribution in [0.25, 0.3) is 0 Å². The molecule has 1 aromatic carbocycles. The van der Waals surface area contributed by atoms with Gasteiger partial charge in [0.1, 0.15) is 11.9 Å². The number of aryl methyl sites for hydroxylation is 1. The smallest absolute Gasteiger partial charge is 0.257 e. The molecule has 0 radical (unpaired) electrons. The maximum atomic E-state index is 12.9. The van der Waals surface area contributed by atoms with Crippen molar-refractivity contribution in [3.8, 4) is 5.75 Å². The Bertz CT molecular complexity index is 1070. The summed E-state index contributed by atoms with van der Waals surface area (Å²) >= 11 is 5.97. The van der Waals surface area contributed by atoms with Crippen molar-refractivity contribution in [3.05, 3.63) is 64.2 Å². The molecule has 0 aliphatic carbocycles. The number of anilines is 1. The van der Waals surface area contributed by atoms with Crippen molar-refractivity contribution in [2.24, 2.45) is 0 Å². The zero-order valence-corrected chi connectivity index (χ0v) is 17.8. The van der Waals surface area contributed by atoms with Crippen molar-refractivity contribution >= 4 is 23.5 Å². The Labute approximate surface area is 184 Å². The molecule has 1 amide bonds. The highest BCUT2D eigenvalue weighted by molar-refractivity contribution is 6.30. The molecule has 1 saturated heterocycles. The zero-order valence-electron chi connectivity index (χ0n) is 17.0. The van der Waals surface area contributed by atoms with Crippen LogP contribution in [0.5, 0.6) is 5.75 Å². The number of H-pyrrole nitrogens is 1. The lowest BCUT2D eigenvalue weighted by atomic mass is 10.1. The molecule has 0 saturated carbocycles. The first-order valence-electron chi connectivity index (χ1n) is 9.92. The summed E-state index contributed by atoms with van der Waals surface area (Å²) in [6, 6.07) is 9.22. The number of rotatable bonds is 6. The topological polar surface area (TPSA) is 119 Å². The van der Waals surface area contributed by atoms with Crippen LogP contribution in [-0.4, -0.2) is 57.3 Å². The maximum absolute atomic E-state index is 12.9. The maximum Gasteiger partial charge on any atom is 0.257 e. The van der Waals surface area contributed by atoms with Crippen molar-refractivity contribution in [1.82, 2.24) is 25.1 Å². The van der Waals surface area contributed by atoms with E-state index in [2.05, 4.69) is 20.2 Å². The summed E-state index contributed by atoms with van der Waals surface area (Å²) in [6.45, 7) is 3.53. The number of hydrogen-bond acceptors (Lipinski definition) is 7. The Hall–Kier alpha value is -3.17. The zero-order chi connectivity index (χ0) is 21.8. The number of carbonyl (C=O) groups is 1. The molecule has 31 heavy (non-hydrogen) atoms. The number of benzene rings is 1. The van der Waals surface area contributed by atoms with Gasteiger partial charge >= 0.3 is 0 Å². The number of aromatic nitrogens is 4. The first-order chi connectivity index (χ1) is 15.0. The van der Waals surface area contributed by atoms with Crippen molar-refractivity contribution in [2.75, 3.05) is 32.0 Å². The first-order valence-corrected chi connectivity index (χ1v) is 10.3. The number of nitrogens with two attached hydrogens (primary N) is 1. The van der Waals surface area contributed by atoms with Gasteiger partial charge in [0.05, 0.1) is 36.7 Å². The van der Waals surface area contributed by atoms with Crippen LogP contribution in [0.3, 0.4) is 0 Å². The summed E-state index contributed by atoms with van der Waals surface area (Å²) < 4.78 is 11.6. The minimum Gasteiger partial charge on any atom is -0.493 e. The lowest BCUT2D eigenvalue weighted by molar-refractivity contribution is -0.0248. The lowest BCUT2D eigenvalue weighted by Crippen LogP contribution is -2.42. The number of halogens is 1. The number of nitrogen functional groups attached to an aromatic ring is 1. The van der Waals surface area contributed by atoms with E-state index in [1.54, 1.807) is 24.0 Å². The molecule has 1 fully saturated rings. The molecule has 1 atom stereocenters. The molecule has 10 heteroatoms. The summed E-state index contributed by atoms with van der Waals surface area (Å²) in [5.41, 5.74) is 8.26. The van der Waals surface area contributed by atoms with E-state index >= 15 is 0 Å². The van der Waals surface area contributed by atoms with Crippen molar-refractivity contribution in [3.63, 3.8) is 0 Å². The van der Waals surface area contributed by atoms with Gasteiger partial charge < -0.3 is 20.1 Å². The molecule has 0 spiro atoms. The fourth-order valence-corrected chi connectivity index (χ4v) is 3.57. The van der Waals surface area contributed by atoms with E-state index in [1.807, 2.05) is 18.2 Å². The number of carbonyl (C=O) groups excluding carboxylic acids is 1. The Morgan fingerprint density at radius 1 is 1.42 bits per heavy atom. The van der Waals surface area contributed by atoms with Crippen LogP contribution in [0.2, 0.25) is 5.02 Å². The third-order valence-electron chi connectivity index (χ3n) is 5.00. The average molecular weight is 443 g/mol. The van der Waals surface area contributed by atoms with Crippen LogP contribution in [0, 0.1) is 6.92 Å². The molecular weight excluding hydrogens is 420 g/mol. The van der Waals surface area contributed by atoms with Crippen molar-refractivity contribution in [1.29, 1.82) is 0 Å². The van der Waals surface area contributed by atoms with Crippen molar-refractivity contribution in [2.45, 2.75) is 19.4 Å². The van der Waals surface area contributed by atoms with Crippen LogP contribution in [0.4, 0.5) is 5.95 Å². The van der Waals surface area contributed by atoms with Gasteiger partial charge in [-0.3, -0.25) is 9.89 Å². The summed E-state index contributed by atoms with van der Waals surface area (Å²) in [4.78, 5) is 22.7. The standard InChI is InChI=1S/C21H23ClN6O3/c1-13-17(11-24-21(23)25-13)20(29)28-6-8-31-19(12-28)18-10-15(26-27-18)5-7-30-16-4-2-3-14(22)9-16/h2-4,9-11,19H,5-8,12H2,1H3,(H,26,27)(H2,23,24,25). The predicted molar refractivity (Wildman–Crippen MR) is 115 cm³/mol. The van der Waals surface area contributed by atoms with E-state index in [9.17, 15) is 4.79 Å². The molecular formula is C21H23ClN6O3. The summed E-state index contributed by atoms with van der Waals surface area (Å²) in [6.07, 6.45) is 1.81. The monoisotopic (exact) mass is 442 g/mol. The van der Waals surface area contributed by atoms with Gasteiger partial charge in [-0.25, -0.2) is 9.97 Å². The second kappa shape index (κ2) is 9.32. The third kappa shape index (κ3) is 5.12. The Morgan fingerprint density at radius 3 is 3.10 bits per heavy atom. The fraction of sp³-hybridized carbons (Fsp3) is 0.333. The van der Waals surface area contributed by atoms with Gasteiger partial charge in [0.25, 0.3) is 5.91 Å². The fourth-order valence-electron chi connectivity index (χ4n) is 3.39. The number of hydrogen-bond donors (Lipinski definition) is 2. The van der Waals surface area contributed by atoms with Crippen LogP contribution in [0.1, 0.15) is 33.5 Å². The average Bonchev–Trinajstić information content (AvgIpc) is 3.22. The molecule has 9 nitrogen and oxygen atoms in total. The highest BCUT2D eigenvalue weighted by atomic mass is 35.5. The van der Waals surface area contributed by atoms with E-state index in [0.29, 0.717) is 49.0 Å². The van der Waals surface area contributed by atoms with Gasteiger partial charge in [-0.15, -0.1) is 0 Å². The summed E-state index contributed by atoms with van der Waals surface area (Å²) in [5, 5.41) is 8.02. The van der Waals surface area contributed by atoms with Crippen LogP contribution < -0.4 is 10.5 Å². The van der Waals surface area contributed by atoms with E-state index in [-0.39, 0.29) is 18.0 Å². The summed E-state index contributed by atoms with van der Waals surface area (Å²) in [5.74, 6) is 0.729. The van der Waals surface area contributed by atoms with Gasteiger partial charge in [-0.05, 0) is 31.2 Å². The highest BCUT2D eigenvalue weighted by Crippen LogP contribution is 2.23. The lowest BCUT2D eigenvalue weighted by Gasteiger charge is -2.32. The predicted octanol–water partition coefficient (Wildman–Crippen LogP) is 2.58. The van der Waals surface area contributed by atoms with Gasteiger partial charge in [-0.2, -0.15) is 5.10 Å². The quantitative estimate of drug-likeness (QED) is 0.602. The number of amides is 1. The van der Waals surface area contributed by atoms with Crippen molar-refractivity contribution < 1.29 is 14.3 Å². The number of aromatic amines is 1. The summed E-state index contributed by atoms with van der Waals surface area (Å²) in [7, 11) is 0. The molecule has 1 aliphatic rings. The molecule has 0 bridgehead atoms. The number of ether oxygens (including phenoxy) is 2. The molecule has 4 rings (SSSR count). The van der Waals surface area contributed by atoms with E-state index in [1.165, 1.54) is 6.20 Å². The number of nitrogens with zero attached hydrogens (tertiary/aromatic N) is 4. The van der Waals surface area contributed by atoms with Gasteiger partial charge in [0.2, 0.25) is 5.95 Å². The molecule has 3 heterocycles. The third-order valence-corrected chi connectivity index (χ3v) is 5.23. The molecule has 162 valence electrons. The minimum absolute atomic E-state index is 0.142. The van der Waals surface area contributed by atoms with Gasteiger partial charge in [-0.1, -0.05) is 17.7 Å². The van der Waals surface area contributed by atoms with E-state index in [0.717, 1.165) is 17.1 Å². The largest absolute Gasteiger partial charge is 0.493 e. The van der Waals surface area contributed by atoms with Crippen LogP contribution in [-0.2, 0) is 11.2 Å². The molecule has 2 aromatic heterocycles. The van der Waals surface area contributed by atoms with Gasteiger partial charge in [0.15, 0.2) is 0 Å².